The van der Waals surface area contributed by atoms with Crippen LogP contribution in [0.1, 0.15) is 23.6 Å². The van der Waals surface area contributed by atoms with Crippen molar-refractivity contribution in [3.05, 3.63) is 34.9 Å². The second-order valence-corrected chi connectivity index (χ2v) is 5.07. The summed E-state index contributed by atoms with van der Waals surface area (Å²) in [6.45, 7) is 4.10. The zero-order chi connectivity index (χ0) is 16.4. The molecule has 0 aromatic heterocycles. The first-order valence-electron chi connectivity index (χ1n) is 6.14. The van der Waals surface area contributed by atoms with Crippen LogP contribution in [-0.4, -0.2) is 28.7 Å². The Morgan fingerprint density at radius 3 is 2.19 bits per heavy atom. The van der Waals surface area contributed by atoms with Crippen molar-refractivity contribution >= 4 is 11.9 Å². The molecule has 21 heavy (non-hydrogen) atoms. The van der Waals surface area contributed by atoms with E-state index in [1.54, 1.807) is 23.5 Å². The third-order valence-corrected chi connectivity index (χ3v) is 3.32. The smallest absolute Gasteiger partial charge is 0.422 e. The Morgan fingerprint density at radius 1 is 1.19 bits per heavy atom. The third-order valence-electron chi connectivity index (χ3n) is 3.32. The van der Waals surface area contributed by atoms with E-state index in [0.717, 1.165) is 11.1 Å². The van der Waals surface area contributed by atoms with Gasteiger partial charge in [0.25, 0.3) is 0 Å². The Kier molecular flexibility index (Phi) is 4.65. The summed E-state index contributed by atoms with van der Waals surface area (Å²) in [5, 5.41) is 10.3. The minimum atomic E-state index is -5.09. The molecule has 2 N–H and O–H groups in total. The van der Waals surface area contributed by atoms with Crippen LogP contribution in [-0.2, 0) is 16.0 Å². The second kappa shape index (κ2) is 5.75. The van der Waals surface area contributed by atoms with Gasteiger partial charge in [0.2, 0.25) is 11.4 Å². The first-order valence-corrected chi connectivity index (χ1v) is 6.14. The average Bonchev–Trinajstić information content (AvgIpc) is 2.32. The molecule has 0 aliphatic heterocycles. The fraction of sp³-hybridized carbons (Fsp3) is 0.429. The van der Waals surface area contributed by atoms with Crippen molar-refractivity contribution in [3.8, 4) is 0 Å². The molecule has 0 heterocycles. The third kappa shape index (κ3) is 3.74. The number of benzene rings is 1. The summed E-state index contributed by atoms with van der Waals surface area (Å²) < 4.78 is 38.3. The van der Waals surface area contributed by atoms with Gasteiger partial charge >= 0.3 is 12.1 Å². The molecular weight excluding hydrogens is 287 g/mol. The molecule has 0 aliphatic carbocycles. The van der Waals surface area contributed by atoms with E-state index in [2.05, 4.69) is 0 Å². The summed E-state index contributed by atoms with van der Waals surface area (Å²) in [7, 11) is 0. The minimum absolute atomic E-state index is 0.319. The molecule has 0 spiro atoms. The van der Waals surface area contributed by atoms with E-state index in [1.165, 1.54) is 0 Å². The first kappa shape index (κ1) is 17.0. The predicted molar refractivity (Wildman–Crippen MR) is 69.9 cm³/mol. The maximum absolute atomic E-state index is 12.8. The number of rotatable bonds is 4. The highest BCUT2D eigenvalue weighted by atomic mass is 19.4. The van der Waals surface area contributed by atoms with Crippen LogP contribution in [0, 0.1) is 13.8 Å². The lowest BCUT2D eigenvalue weighted by Gasteiger charge is -2.28. The van der Waals surface area contributed by atoms with Gasteiger partial charge in [-0.2, -0.15) is 13.2 Å². The van der Waals surface area contributed by atoms with E-state index in [1.807, 2.05) is 13.8 Å². The van der Waals surface area contributed by atoms with E-state index < -0.39 is 23.6 Å². The van der Waals surface area contributed by atoms with Gasteiger partial charge in [-0.25, -0.2) is 4.79 Å². The molecule has 7 heteroatoms. The summed E-state index contributed by atoms with van der Waals surface area (Å²) in [5.74, 6) is -3.15. The molecular formula is C14H16F3NO3. The molecule has 0 saturated heterocycles. The maximum Gasteiger partial charge on any atom is 0.422 e. The zero-order valence-electron chi connectivity index (χ0n) is 11.8. The van der Waals surface area contributed by atoms with Crippen molar-refractivity contribution in [2.75, 3.05) is 0 Å². The number of carbonyl (C=O) groups excluding carboxylic acids is 1. The Balaban J connectivity index is 2.89. The van der Waals surface area contributed by atoms with Crippen molar-refractivity contribution in [3.63, 3.8) is 0 Å². The topological polar surface area (TPSA) is 66.4 Å². The number of nitrogens with one attached hydrogen (secondary N) is 1. The SMILES string of the molecule is Cc1ccc(CC(=O)NC(C)(C(=O)O)C(F)(F)F)cc1C. The molecule has 1 amide bonds. The molecule has 1 rings (SSSR count). The largest absolute Gasteiger partial charge is 0.479 e. The molecule has 0 bridgehead atoms. The van der Waals surface area contributed by atoms with Crippen LogP contribution in [0.25, 0.3) is 0 Å². The van der Waals surface area contributed by atoms with E-state index in [-0.39, 0.29) is 6.42 Å². The first-order chi connectivity index (χ1) is 9.47. The van der Waals surface area contributed by atoms with Crippen molar-refractivity contribution in [2.45, 2.75) is 38.9 Å². The molecule has 116 valence electrons. The van der Waals surface area contributed by atoms with E-state index in [0.29, 0.717) is 12.5 Å². The summed E-state index contributed by atoms with van der Waals surface area (Å²) >= 11 is 0. The number of alkyl halides is 3. The zero-order valence-corrected chi connectivity index (χ0v) is 11.8. The van der Waals surface area contributed by atoms with Crippen LogP contribution in [0.3, 0.4) is 0 Å². The summed E-state index contributed by atoms with van der Waals surface area (Å²) in [4.78, 5) is 22.5. The number of carboxylic acids is 1. The Bertz CT molecular complexity index is 569. The number of carboxylic acid groups (broad SMARTS) is 1. The molecule has 4 nitrogen and oxygen atoms in total. The lowest BCUT2D eigenvalue weighted by atomic mass is 10.00. The van der Waals surface area contributed by atoms with Crippen LogP contribution < -0.4 is 5.32 Å². The van der Waals surface area contributed by atoms with E-state index >= 15 is 0 Å². The van der Waals surface area contributed by atoms with Crippen molar-refractivity contribution in [2.24, 2.45) is 0 Å². The van der Waals surface area contributed by atoms with Crippen molar-refractivity contribution in [1.29, 1.82) is 0 Å². The molecule has 0 radical (unpaired) electrons. The van der Waals surface area contributed by atoms with Gasteiger partial charge in [0, 0.05) is 0 Å². The number of hydrogen-bond donors (Lipinski definition) is 2. The van der Waals surface area contributed by atoms with Crippen molar-refractivity contribution < 1.29 is 27.9 Å². The van der Waals surface area contributed by atoms with Crippen LogP contribution in [0.5, 0.6) is 0 Å². The molecule has 0 fully saturated rings. The van der Waals surface area contributed by atoms with Gasteiger partial charge < -0.3 is 10.4 Å². The highest BCUT2D eigenvalue weighted by molar-refractivity contribution is 5.88. The maximum atomic E-state index is 12.8. The predicted octanol–water partition coefficient (Wildman–Crippen LogP) is 2.37. The summed E-state index contributed by atoms with van der Waals surface area (Å²) in [5.41, 5.74) is -0.892. The Labute approximate surface area is 120 Å². The minimum Gasteiger partial charge on any atom is -0.479 e. The Morgan fingerprint density at radius 2 is 1.76 bits per heavy atom. The number of halogens is 3. The summed E-state index contributed by atoms with van der Waals surface area (Å²) in [6, 6.07) is 5.05. The number of hydrogen-bond acceptors (Lipinski definition) is 2. The van der Waals surface area contributed by atoms with E-state index in [4.69, 9.17) is 5.11 Å². The number of carbonyl (C=O) groups is 2. The monoisotopic (exact) mass is 303 g/mol. The van der Waals surface area contributed by atoms with Gasteiger partial charge in [0.1, 0.15) is 0 Å². The number of aliphatic carboxylic acids is 1. The number of amides is 1. The molecule has 1 unspecified atom stereocenters. The second-order valence-electron chi connectivity index (χ2n) is 5.07. The molecule has 0 aliphatic rings. The fourth-order valence-corrected chi connectivity index (χ4v) is 1.67. The van der Waals surface area contributed by atoms with Crippen molar-refractivity contribution in [1.82, 2.24) is 5.32 Å². The lowest BCUT2D eigenvalue weighted by molar-refractivity contribution is -0.206. The van der Waals surface area contributed by atoms with Gasteiger partial charge in [-0.1, -0.05) is 18.2 Å². The molecule has 1 atom stereocenters. The highest BCUT2D eigenvalue weighted by Gasteiger charge is 2.58. The standard InChI is InChI=1S/C14H16F3NO3/c1-8-4-5-10(6-9(8)2)7-11(19)18-13(3,12(20)21)14(15,16)17/h4-6H,7H2,1-3H3,(H,18,19)(H,20,21). The molecule has 1 aromatic rings. The normalized spacial score (nSPS) is 14.4. The van der Waals surface area contributed by atoms with Gasteiger partial charge in [-0.05, 0) is 37.5 Å². The van der Waals surface area contributed by atoms with Gasteiger partial charge in [0.05, 0.1) is 6.42 Å². The van der Waals surface area contributed by atoms with Crippen LogP contribution in [0.4, 0.5) is 13.2 Å². The average molecular weight is 303 g/mol. The van der Waals surface area contributed by atoms with Crippen LogP contribution in [0.2, 0.25) is 0 Å². The summed E-state index contributed by atoms with van der Waals surface area (Å²) in [6.07, 6.45) is -5.41. The molecule has 1 aromatic carbocycles. The van der Waals surface area contributed by atoms with Crippen LogP contribution >= 0.6 is 0 Å². The number of aryl methyl sites for hydroxylation is 2. The quantitative estimate of drug-likeness (QED) is 0.897. The van der Waals surface area contributed by atoms with Gasteiger partial charge in [0.15, 0.2) is 0 Å². The van der Waals surface area contributed by atoms with Gasteiger partial charge in [-0.15, -0.1) is 0 Å². The van der Waals surface area contributed by atoms with Gasteiger partial charge in [-0.3, -0.25) is 4.79 Å². The van der Waals surface area contributed by atoms with Crippen LogP contribution in [0.15, 0.2) is 18.2 Å². The highest BCUT2D eigenvalue weighted by Crippen LogP contribution is 2.30. The molecule has 0 saturated carbocycles. The Hall–Kier alpha value is -2.05. The fourth-order valence-electron chi connectivity index (χ4n) is 1.67. The lowest BCUT2D eigenvalue weighted by Crippen LogP contribution is -2.62. The van der Waals surface area contributed by atoms with E-state index in [9.17, 15) is 22.8 Å².